The molecule has 0 radical (unpaired) electrons. The number of hydrogen-bond donors (Lipinski definition) is 1. The number of allylic oxidation sites excluding steroid dienone is 1. The zero-order valence-corrected chi connectivity index (χ0v) is 15.3. The van der Waals surface area contributed by atoms with Crippen molar-refractivity contribution < 1.29 is 17.9 Å². The van der Waals surface area contributed by atoms with E-state index in [9.17, 15) is 13.2 Å². The Hall–Kier alpha value is -3.21. The number of ether oxygens (including phenoxy) is 1. The summed E-state index contributed by atoms with van der Waals surface area (Å²) in [6.07, 6.45) is -1.29. The third kappa shape index (κ3) is 5.39. The zero-order valence-electron chi connectivity index (χ0n) is 15.3. The summed E-state index contributed by atoms with van der Waals surface area (Å²) in [7, 11) is 0. The predicted molar refractivity (Wildman–Crippen MR) is 107 cm³/mol. The van der Waals surface area contributed by atoms with E-state index in [1.54, 1.807) is 18.2 Å². The van der Waals surface area contributed by atoms with Crippen LogP contribution in [-0.2, 0) is 0 Å². The quantitative estimate of drug-likeness (QED) is 0.483. The van der Waals surface area contributed by atoms with Crippen LogP contribution >= 0.6 is 0 Å². The maximum absolute atomic E-state index is 12.3. The molecule has 0 saturated heterocycles. The normalized spacial score (nSPS) is 12.9. The van der Waals surface area contributed by atoms with Gasteiger partial charge >= 0.3 is 6.36 Å². The largest absolute Gasteiger partial charge is 0.573 e. The molecule has 0 amide bonds. The summed E-state index contributed by atoms with van der Waals surface area (Å²) in [5.74, 6) is -0.252. The van der Waals surface area contributed by atoms with Crippen LogP contribution in [0.2, 0.25) is 0 Å². The highest BCUT2D eigenvalue weighted by Crippen LogP contribution is 2.24. The van der Waals surface area contributed by atoms with Crippen molar-refractivity contribution in [3.63, 3.8) is 0 Å². The number of benzene rings is 3. The van der Waals surface area contributed by atoms with Gasteiger partial charge in [0, 0.05) is 11.7 Å². The van der Waals surface area contributed by atoms with Crippen LogP contribution in [0.5, 0.6) is 5.75 Å². The fourth-order valence-corrected chi connectivity index (χ4v) is 2.90. The van der Waals surface area contributed by atoms with E-state index in [0.717, 1.165) is 10.9 Å². The Kier molecular flexibility index (Phi) is 5.73. The van der Waals surface area contributed by atoms with Crippen molar-refractivity contribution in [2.24, 2.45) is 0 Å². The summed E-state index contributed by atoms with van der Waals surface area (Å²) < 4.78 is 40.9. The van der Waals surface area contributed by atoms with Crippen molar-refractivity contribution in [1.82, 2.24) is 5.32 Å². The van der Waals surface area contributed by atoms with Crippen LogP contribution < -0.4 is 10.1 Å². The second-order valence-corrected chi connectivity index (χ2v) is 6.45. The SMILES string of the molecule is C=C(/C=C/c1cccc(OC(F)(F)F)c1)NC(C)c1ccc2ccccc2c1. The molecule has 0 aliphatic carbocycles. The number of nitrogens with one attached hydrogen (secondary N) is 1. The van der Waals surface area contributed by atoms with Crippen LogP contribution in [0.15, 0.2) is 85.1 Å². The fourth-order valence-electron chi connectivity index (χ4n) is 2.90. The van der Waals surface area contributed by atoms with Gasteiger partial charge in [0.2, 0.25) is 0 Å². The van der Waals surface area contributed by atoms with Crippen molar-refractivity contribution >= 4 is 16.8 Å². The van der Waals surface area contributed by atoms with Crippen molar-refractivity contribution in [3.8, 4) is 5.75 Å². The van der Waals surface area contributed by atoms with E-state index in [1.165, 1.54) is 23.6 Å². The molecule has 1 atom stereocenters. The molecule has 1 unspecified atom stereocenters. The van der Waals surface area contributed by atoms with Crippen molar-refractivity contribution in [2.45, 2.75) is 19.3 Å². The second kappa shape index (κ2) is 8.21. The molecule has 5 heteroatoms. The Morgan fingerprint density at radius 1 is 1.00 bits per heavy atom. The first-order valence-electron chi connectivity index (χ1n) is 8.78. The van der Waals surface area contributed by atoms with E-state index in [1.807, 2.05) is 19.1 Å². The molecule has 3 aromatic rings. The van der Waals surface area contributed by atoms with Crippen LogP contribution in [0.3, 0.4) is 0 Å². The van der Waals surface area contributed by atoms with Crippen molar-refractivity contribution in [1.29, 1.82) is 0 Å². The van der Waals surface area contributed by atoms with Crippen LogP contribution in [0.25, 0.3) is 16.8 Å². The van der Waals surface area contributed by atoms with E-state index in [4.69, 9.17) is 0 Å². The molecule has 0 bridgehead atoms. The van der Waals surface area contributed by atoms with Crippen LogP contribution in [-0.4, -0.2) is 6.36 Å². The van der Waals surface area contributed by atoms with Gasteiger partial charge in [0.05, 0.1) is 0 Å². The summed E-state index contributed by atoms with van der Waals surface area (Å²) >= 11 is 0. The Balaban J connectivity index is 1.65. The summed E-state index contributed by atoms with van der Waals surface area (Å²) in [4.78, 5) is 0. The highest BCUT2D eigenvalue weighted by atomic mass is 19.4. The van der Waals surface area contributed by atoms with Crippen molar-refractivity contribution in [3.05, 3.63) is 96.2 Å². The van der Waals surface area contributed by atoms with Crippen molar-refractivity contribution in [2.75, 3.05) is 0 Å². The van der Waals surface area contributed by atoms with Crippen LogP contribution in [0.1, 0.15) is 24.1 Å². The average molecular weight is 383 g/mol. The number of rotatable bonds is 6. The molecule has 2 nitrogen and oxygen atoms in total. The molecule has 3 rings (SSSR count). The second-order valence-electron chi connectivity index (χ2n) is 6.45. The predicted octanol–water partition coefficient (Wildman–Crippen LogP) is 6.62. The first kappa shape index (κ1) is 19.5. The monoisotopic (exact) mass is 383 g/mol. The lowest BCUT2D eigenvalue weighted by atomic mass is 10.0. The minimum absolute atomic E-state index is 0.0293. The molecule has 0 aromatic heterocycles. The molecule has 0 spiro atoms. The molecule has 0 aliphatic rings. The number of hydrogen-bond acceptors (Lipinski definition) is 2. The molecule has 28 heavy (non-hydrogen) atoms. The third-order valence-corrected chi connectivity index (χ3v) is 4.24. The lowest BCUT2D eigenvalue weighted by molar-refractivity contribution is -0.274. The molecule has 1 N–H and O–H groups in total. The molecular formula is C23H20F3NO. The van der Waals surface area contributed by atoms with E-state index in [2.05, 4.69) is 47.0 Å². The van der Waals surface area contributed by atoms with E-state index < -0.39 is 6.36 Å². The van der Waals surface area contributed by atoms with Gasteiger partial charge in [0.1, 0.15) is 5.75 Å². The summed E-state index contributed by atoms with van der Waals surface area (Å²) in [5, 5.41) is 5.63. The lowest BCUT2D eigenvalue weighted by Crippen LogP contribution is -2.17. The topological polar surface area (TPSA) is 21.3 Å². The Morgan fingerprint density at radius 2 is 1.75 bits per heavy atom. The minimum atomic E-state index is -4.71. The molecule has 3 aromatic carbocycles. The van der Waals surface area contributed by atoms with E-state index >= 15 is 0 Å². The Morgan fingerprint density at radius 3 is 2.50 bits per heavy atom. The Labute approximate surface area is 162 Å². The van der Waals surface area contributed by atoms with Gasteiger partial charge < -0.3 is 10.1 Å². The average Bonchev–Trinajstić information content (AvgIpc) is 2.65. The van der Waals surface area contributed by atoms with Gasteiger partial charge in [0.25, 0.3) is 0 Å². The first-order valence-corrected chi connectivity index (χ1v) is 8.78. The van der Waals surface area contributed by atoms with Crippen LogP contribution in [0, 0.1) is 0 Å². The van der Waals surface area contributed by atoms with Gasteiger partial charge in [-0.2, -0.15) is 0 Å². The standard InChI is InChI=1S/C23H20F3NO/c1-16(10-11-18-6-5-9-22(14-18)28-23(24,25)26)27-17(2)20-13-12-19-7-3-4-8-21(19)15-20/h3-15,17,27H,1H2,2H3/b11-10+. The highest BCUT2D eigenvalue weighted by Gasteiger charge is 2.30. The van der Waals surface area contributed by atoms with Gasteiger partial charge in [-0.05, 0) is 53.1 Å². The van der Waals surface area contributed by atoms with Gasteiger partial charge in [0.15, 0.2) is 0 Å². The molecular weight excluding hydrogens is 363 g/mol. The van der Waals surface area contributed by atoms with Gasteiger partial charge in [-0.3, -0.25) is 0 Å². The Bertz CT molecular complexity index is 1010. The van der Waals surface area contributed by atoms with Crippen LogP contribution in [0.4, 0.5) is 13.2 Å². The summed E-state index contributed by atoms with van der Waals surface area (Å²) in [6.45, 7) is 6.00. The minimum Gasteiger partial charge on any atom is -0.406 e. The maximum atomic E-state index is 12.3. The number of fused-ring (bicyclic) bond motifs is 1. The zero-order chi connectivity index (χ0) is 20.1. The number of halogens is 3. The summed E-state index contributed by atoms with van der Waals surface area (Å²) in [6, 6.07) is 20.2. The maximum Gasteiger partial charge on any atom is 0.573 e. The molecule has 0 saturated carbocycles. The van der Waals surface area contributed by atoms with E-state index in [-0.39, 0.29) is 11.8 Å². The summed E-state index contributed by atoms with van der Waals surface area (Å²) in [5.41, 5.74) is 2.36. The van der Waals surface area contributed by atoms with E-state index in [0.29, 0.717) is 11.3 Å². The van der Waals surface area contributed by atoms with Gasteiger partial charge in [-0.1, -0.05) is 61.2 Å². The lowest BCUT2D eigenvalue weighted by Gasteiger charge is -2.16. The highest BCUT2D eigenvalue weighted by molar-refractivity contribution is 5.83. The third-order valence-electron chi connectivity index (χ3n) is 4.24. The van der Waals surface area contributed by atoms with Gasteiger partial charge in [-0.15, -0.1) is 13.2 Å². The molecule has 144 valence electrons. The molecule has 0 aliphatic heterocycles. The fraction of sp³-hybridized carbons (Fsp3) is 0.130. The first-order chi connectivity index (χ1) is 13.3. The number of alkyl halides is 3. The smallest absolute Gasteiger partial charge is 0.406 e. The molecule has 0 fully saturated rings. The molecule has 0 heterocycles. The van der Waals surface area contributed by atoms with Gasteiger partial charge in [-0.25, -0.2) is 0 Å².